The highest BCUT2D eigenvalue weighted by Gasteiger charge is 2.42. The maximum absolute atomic E-state index is 14.0. The molecule has 1 aliphatic carbocycles. The second kappa shape index (κ2) is 10.9. The molecular formula is C31H40N4O2. The second-order valence-corrected chi connectivity index (χ2v) is 11.6. The molecule has 2 bridgehead atoms. The van der Waals surface area contributed by atoms with Crippen LogP contribution in [0.5, 0.6) is 0 Å². The van der Waals surface area contributed by atoms with Crippen LogP contribution in [0.1, 0.15) is 95.9 Å². The molecule has 3 atom stereocenters. The molecule has 6 rings (SSSR count). The molecule has 2 saturated heterocycles. The molecule has 196 valence electrons. The van der Waals surface area contributed by atoms with Gasteiger partial charge in [0.25, 0.3) is 5.56 Å². The minimum absolute atomic E-state index is 0.0873. The van der Waals surface area contributed by atoms with E-state index < -0.39 is 0 Å². The van der Waals surface area contributed by atoms with Crippen LogP contribution in [0, 0.1) is 0 Å². The van der Waals surface area contributed by atoms with Crippen LogP contribution in [0.3, 0.4) is 0 Å². The summed E-state index contributed by atoms with van der Waals surface area (Å²) in [6, 6.07) is 14.9. The molecule has 2 aliphatic heterocycles. The normalized spacial score (nSPS) is 26.2. The third-order valence-electron chi connectivity index (χ3n) is 9.19. The molecule has 1 N–H and O–H groups in total. The lowest BCUT2D eigenvalue weighted by Gasteiger charge is -2.53. The van der Waals surface area contributed by atoms with E-state index >= 15 is 0 Å². The number of hydrogen-bond donors (Lipinski definition) is 1. The first-order valence-corrected chi connectivity index (χ1v) is 14.7. The van der Waals surface area contributed by atoms with Gasteiger partial charge in [0.05, 0.1) is 16.7 Å². The highest BCUT2D eigenvalue weighted by Crippen LogP contribution is 2.42. The van der Waals surface area contributed by atoms with E-state index in [2.05, 4.69) is 9.88 Å². The Morgan fingerprint density at radius 2 is 1.32 bits per heavy atom. The lowest BCUT2D eigenvalue weighted by atomic mass is 9.79. The molecule has 3 fully saturated rings. The van der Waals surface area contributed by atoms with E-state index in [0.29, 0.717) is 29.5 Å². The number of hydrogen-bond acceptors (Lipinski definition) is 4. The van der Waals surface area contributed by atoms with Crippen LogP contribution in [-0.4, -0.2) is 37.6 Å². The lowest BCUT2D eigenvalue weighted by Crippen LogP contribution is -2.57. The first kappa shape index (κ1) is 24.6. The van der Waals surface area contributed by atoms with Crippen LogP contribution in [-0.2, 0) is 0 Å². The van der Waals surface area contributed by atoms with Crippen molar-refractivity contribution >= 4 is 11.0 Å². The molecule has 0 radical (unpaired) electrons. The van der Waals surface area contributed by atoms with Crippen LogP contribution >= 0.6 is 0 Å². The number of pyridine rings is 1. The van der Waals surface area contributed by atoms with Gasteiger partial charge in [-0.1, -0.05) is 69.6 Å². The molecule has 1 saturated carbocycles. The van der Waals surface area contributed by atoms with Gasteiger partial charge >= 0.3 is 0 Å². The van der Waals surface area contributed by atoms with Crippen molar-refractivity contribution in [2.75, 3.05) is 0 Å². The SMILES string of the molecule is O=c1cccc(-c2nc3ccccc3n(C3C[C@H]4CCC[C@@H](C3)N4C3CCCCCCCCC3)c2=O)[nH]1. The minimum atomic E-state index is -0.216. The fourth-order valence-corrected chi connectivity index (χ4v) is 7.56. The van der Waals surface area contributed by atoms with Crippen LogP contribution in [0.4, 0.5) is 0 Å². The smallest absolute Gasteiger partial charge is 0.279 e. The number of aromatic nitrogens is 3. The zero-order valence-electron chi connectivity index (χ0n) is 21.9. The van der Waals surface area contributed by atoms with E-state index in [4.69, 9.17) is 4.98 Å². The van der Waals surface area contributed by atoms with Crippen LogP contribution in [0.25, 0.3) is 22.4 Å². The monoisotopic (exact) mass is 500 g/mol. The number of piperidine rings is 2. The molecule has 0 amide bonds. The zero-order valence-corrected chi connectivity index (χ0v) is 21.9. The molecule has 6 heteroatoms. The standard InChI is InChI=1S/C31H40N4O2/c36-29-19-11-17-27(32-29)30-31(37)35(28-18-9-8-16-26(28)33-30)25-20-23-14-10-15-24(21-25)34(23)22-12-6-4-2-1-3-5-7-13-22/h8-9,11,16-19,22-25H,1-7,10,12-15,20-21H2,(H,32,36)/t23-,24+,25?. The third kappa shape index (κ3) is 5.05. The number of fused-ring (bicyclic) bond motifs is 3. The number of para-hydroxylation sites is 2. The molecule has 4 heterocycles. The van der Waals surface area contributed by atoms with Crippen molar-refractivity contribution in [2.45, 2.75) is 114 Å². The van der Waals surface area contributed by atoms with Crippen molar-refractivity contribution < 1.29 is 0 Å². The van der Waals surface area contributed by atoms with Gasteiger partial charge in [0, 0.05) is 30.2 Å². The van der Waals surface area contributed by atoms with Gasteiger partial charge in [-0.3, -0.25) is 14.5 Å². The number of nitrogens with zero attached hydrogens (tertiary/aromatic N) is 3. The summed E-state index contributed by atoms with van der Waals surface area (Å²) in [7, 11) is 0. The maximum Gasteiger partial charge on any atom is 0.279 e. The molecule has 1 aromatic carbocycles. The molecule has 6 nitrogen and oxygen atoms in total. The third-order valence-corrected chi connectivity index (χ3v) is 9.19. The maximum atomic E-state index is 14.0. The summed E-state index contributed by atoms with van der Waals surface area (Å²) in [5.74, 6) is 0. The Morgan fingerprint density at radius 3 is 2.03 bits per heavy atom. The van der Waals surface area contributed by atoms with E-state index in [1.807, 2.05) is 28.8 Å². The van der Waals surface area contributed by atoms with Crippen LogP contribution < -0.4 is 11.1 Å². The number of rotatable bonds is 3. The molecule has 0 spiro atoms. The Morgan fingerprint density at radius 1 is 0.676 bits per heavy atom. The first-order valence-electron chi connectivity index (χ1n) is 14.7. The van der Waals surface area contributed by atoms with E-state index in [1.165, 1.54) is 83.1 Å². The Labute approximate surface area is 219 Å². The number of H-pyrrole nitrogens is 1. The fraction of sp³-hybridized carbons (Fsp3) is 0.581. The second-order valence-electron chi connectivity index (χ2n) is 11.6. The topological polar surface area (TPSA) is 71.0 Å². The van der Waals surface area contributed by atoms with Crippen molar-refractivity contribution in [3.05, 3.63) is 63.2 Å². The molecular weight excluding hydrogens is 460 g/mol. The lowest BCUT2D eigenvalue weighted by molar-refractivity contribution is -0.0239. The van der Waals surface area contributed by atoms with Crippen molar-refractivity contribution in [1.82, 2.24) is 19.4 Å². The van der Waals surface area contributed by atoms with Crippen LogP contribution in [0.2, 0.25) is 0 Å². The summed E-state index contributed by atoms with van der Waals surface area (Å²) < 4.78 is 2.03. The summed E-state index contributed by atoms with van der Waals surface area (Å²) in [6.45, 7) is 0. The van der Waals surface area contributed by atoms with Gasteiger partial charge in [0.2, 0.25) is 5.56 Å². The van der Waals surface area contributed by atoms with Gasteiger partial charge < -0.3 is 9.55 Å². The van der Waals surface area contributed by atoms with Crippen molar-refractivity contribution in [2.24, 2.45) is 0 Å². The Balaban J connectivity index is 1.35. The summed E-state index contributed by atoms with van der Waals surface area (Å²) in [4.78, 5) is 36.5. The number of aromatic amines is 1. The van der Waals surface area contributed by atoms with Crippen molar-refractivity contribution in [3.8, 4) is 11.4 Å². The summed E-state index contributed by atoms with van der Waals surface area (Å²) in [6.07, 6.45) is 18.2. The van der Waals surface area contributed by atoms with E-state index in [-0.39, 0.29) is 17.2 Å². The molecule has 2 aromatic heterocycles. The van der Waals surface area contributed by atoms with Crippen molar-refractivity contribution in [3.63, 3.8) is 0 Å². The average molecular weight is 501 g/mol. The molecule has 3 aromatic rings. The molecule has 3 aliphatic rings. The van der Waals surface area contributed by atoms with E-state index in [0.717, 1.165) is 23.9 Å². The summed E-state index contributed by atoms with van der Waals surface area (Å²) in [5.41, 5.74) is 2.25. The largest absolute Gasteiger partial charge is 0.320 e. The average Bonchev–Trinajstić information content (AvgIpc) is 2.90. The predicted molar refractivity (Wildman–Crippen MR) is 149 cm³/mol. The van der Waals surface area contributed by atoms with Gasteiger partial charge in [0.1, 0.15) is 0 Å². The highest BCUT2D eigenvalue weighted by molar-refractivity contribution is 5.77. The fourth-order valence-electron chi connectivity index (χ4n) is 7.56. The predicted octanol–water partition coefficient (Wildman–Crippen LogP) is 6.20. The number of nitrogens with one attached hydrogen (secondary N) is 1. The Hall–Kier alpha value is -2.73. The van der Waals surface area contributed by atoms with E-state index in [1.54, 1.807) is 12.1 Å². The number of benzene rings is 1. The summed E-state index contributed by atoms with van der Waals surface area (Å²) >= 11 is 0. The quantitative estimate of drug-likeness (QED) is 0.465. The Kier molecular flexibility index (Phi) is 7.27. The van der Waals surface area contributed by atoms with Gasteiger partial charge in [-0.2, -0.15) is 0 Å². The van der Waals surface area contributed by atoms with Gasteiger partial charge in [-0.15, -0.1) is 0 Å². The van der Waals surface area contributed by atoms with E-state index in [9.17, 15) is 9.59 Å². The molecule has 1 unspecified atom stereocenters. The highest BCUT2D eigenvalue weighted by atomic mass is 16.1. The van der Waals surface area contributed by atoms with Gasteiger partial charge in [0.15, 0.2) is 5.69 Å². The minimum Gasteiger partial charge on any atom is -0.320 e. The Bertz CT molecular complexity index is 1320. The molecule has 37 heavy (non-hydrogen) atoms. The van der Waals surface area contributed by atoms with Gasteiger partial charge in [-0.25, -0.2) is 4.98 Å². The summed E-state index contributed by atoms with van der Waals surface area (Å²) in [5, 5.41) is 0. The van der Waals surface area contributed by atoms with Gasteiger partial charge in [-0.05, 0) is 56.7 Å². The zero-order chi connectivity index (χ0) is 25.2. The first-order chi connectivity index (χ1) is 18.2. The van der Waals surface area contributed by atoms with Crippen molar-refractivity contribution in [1.29, 1.82) is 0 Å². The van der Waals surface area contributed by atoms with Crippen LogP contribution in [0.15, 0.2) is 52.1 Å².